The van der Waals surface area contributed by atoms with Crippen LogP contribution < -0.4 is 9.80 Å². The Morgan fingerprint density at radius 2 is 1.87 bits per heavy atom. The maximum absolute atomic E-state index is 14.3. The van der Waals surface area contributed by atoms with E-state index in [1.165, 1.54) is 6.08 Å². The lowest BCUT2D eigenvalue weighted by Gasteiger charge is -2.41. The number of allylic oxidation sites excluding steroid dienone is 1. The van der Waals surface area contributed by atoms with E-state index in [0.29, 0.717) is 19.4 Å². The van der Waals surface area contributed by atoms with Crippen LogP contribution in [0.4, 0.5) is 24.7 Å². The number of benzene rings is 1. The Morgan fingerprint density at radius 3 is 2.44 bits per heavy atom. The predicted molar refractivity (Wildman–Crippen MR) is 156 cm³/mol. The van der Waals surface area contributed by atoms with Gasteiger partial charge in [-0.1, -0.05) is 45.6 Å². The Hall–Kier alpha value is -2.91. The van der Waals surface area contributed by atoms with Crippen molar-refractivity contribution in [2.45, 2.75) is 77.0 Å². The van der Waals surface area contributed by atoms with Crippen LogP contribution in [-0.2, 0) is 21.8 Å². The lowest BCUT2D eigenvalue weighted by molar-refractivity contribution is -0.137. The van der Waals surface area contributed by atoms with E-state index in [0.717, 1.165) is 28.9 Å². The summed E-state index contributed by atoms with van der Waals surface area (Å²) < 4.78 is 48.1. The van der Waals surface area contributed by atoms with Crippen LogP contribution in [0.15, 0.2) is 49.6 Å². The summed E-state index contributed by atoms with van der Waals surface area (Å²) in [4.78, 5) is 22.0. The number of aryl methyl sites for hydroxylation is 1. The van der Waals surface area contributed by atoms with Crippen molar-refractivity contribution in [1.29, 1.82) is 0 Å². The van der Waals surface area contributed by atoms with Crippen molar-refractivity contribution >= 4 is 31.8 Å². The fourth-order valence-electron chi connectivity index (χ4n) is 4.58. The van der Waals surface area contributed by atoms with Crippen LogP contribution in [0.3, 0.4) is 0 Å². The molecule has 2 aromatic rings. The van der Waals surface area contributed by atoms with Gasteiger partial charge in [0.2, 0.25) is 0 Å². The van der Waals surface area contributed by atoms with E-state index < -0.39 is 32.2 Å². The SMILES string of the molecule is C=CCc1ccc(C)cc1N(C)C(=O)[C@@H]1[C@H](O[Si](C)(C)C(C)(C)C)CCN1c1cc(C(F)(F)F)cc(C=C)n1. The molecular weight excluding hydrogens is 519 g/mol. The Bertz CT molecular complexity index is 1240. The number of aromatic nitrogens is 1. The van der Waals surface area contributed by atoms with Crippen molar-refractivity contribution in [2.24, 2.45) is 0 Å². The molecule has 0 aliphatic carbocycles. The van der Waals surface area contributed by atoms with Gasteiger partial charge in [0.1, 0.15) is 11.9 Å². The summed E-state index contributed by atoms with van der Waals surface area (Å²) in [5, 5.41) is -0.113. The highest BCUT2D eigenvalue weighted by Gasteiger charge is 2.48. The monoisotopic (exact) mass is 559 g/mol. The average molecular weight is 560 g/mol. The molecular formula is C30H40F3N3O2Si. The molecule has 1 aliphatic rings. The molecule has 9 heteroatoms. The summed E-state index contributed by atoms with van der Waals surface area (Å²) in [6.07, 6.45) is -0.938. The standard InChI is InChI=1S/C30H40F3N3O2Si/c1-10-12-21-14-13-20(3)17-24(21)35(7)28(37)27-25(38-39(8,9)29(4,5)6)15-16-36(27)26-19-22(30(31,32)33)18-23(11-2)34-26/h10-11,13-14,17-19,25,27H,1-2,12,15-16H2,3-9H3/t25-,27+/m1/s1. The fourth-order valence-corrected chi connectivity index (χ4v) is 5.93. The van der Waals surface area contributed by atoms with Crippen LogP contribution in [0.5, 0.6) is 0 Å². The largest absolute Gasteiger partial charge is 0.416 e. The quantitative estimate of drug-likeness (QED) is 0.250. The second-order valence-electron chi connectivity index (χ2n) is 11.7. The van der Waals surface area contributed by atoms with Crippen LogP contribution in [0, 0.1) is 6.92 Å². The average Bonchev–Trinajstić information content (AvgIpc) is 3.25. The maximum Gasteiger partial charge on any atom is 0.416 e. The van der Waals surface area contributed by atoms with Gasteiger partial charge in [-0.15, -0.1) is 6.58 Å². The zero-order valence-corrected chi connectivity index (χ0v) is 25.0. The number of nitrogens with zero attached hydrogens (tertiary/aromatic N) is 3. The third kappa shape index (κ3) is 6.63. The first-order chi connectivity index (χ1) is 18.0. The minimum atomic E-state index is -4.57. The highest BCUT2D eigenvalue weighted by Crippen LogP contribution is 2.41. The van der Waals surface area contributed by atoms with Gasteiger partial charge < -0.3 is 14.2 Å². The molecule has 3 rings (SSSR count). The Kier molecular flexibility index (Phi) is 8.87. The topological polar surface area (TPSA) is 45.7 Å². The molecule has 0 unspecified atom stereocenters. The van der Waals surface area contributed by atoms with Gasteiger partial charge >= 0.3 is 6.18 Å². The Morgan fingerprint density at radius 1 is 1.21 bits per heavy atom. The summed E-state index contributed by atoms with van der Waals surface area (Å²) in [6.45, 7) is 20.3. The minimum Gasteiger partial charge on any atom is -0.411 e. The molecule has 1 fully saturated rings. The van der Waals surface area contributed by atoms with Crippen molar-refractivity contribution in [3.8, 4) is 0 Å². The van der Waals surface area contributed by atoms with Crippen LogP contribution >= 0.6 is 0 Å². The molecule has 0 bridgehead atoms. The highest BCUT2D eigenvalue weighted by atomic mass is 28.4. The van der Waals surface area contributed by atoms with Gasteiger partial charge in [-0.3, -0.25) is 4.79 Å². The Balaban J connectivity index is 2.13. The first kappa shape index (κ1) is 30.6. The van der Waals surface area contributed by atoms with Crippen LogP contribution in [0.1, 0.15) is 49.6 Å². The van der Waals surface area contributed by atoms with E-state index in [1.54, 1.807) is 22.9 Å². The van der Waals surface area contributed by atoms with Gasteiger partial charge in [0.05, 0.1) is 17.4 Å². The Labute approximate surface area is 231 Å². The number of likely N-dealkylation sites (N-methyl/N-ethyl adjacent to an activating group) is 1. The van der Waals surface area contributed by atoms with E-state index >= 15 is 0 Å². The normalized spacial score (nSPS) is 18.3. The third-order valence-corrected chi connectivity index (χ3v) is 12.3. The van der Waals surface area contributed by atoms with Crippen molar-refractivity contribution in [2.75, 3.05) is 23.4 Å². The number of carbonyl (C=O) groups is 1. The van der Waals surface area contributed by atoms with E-state index in [4.69, 9.17) is 4.43 Å². The predicted octanol–water partition coefficient (Wildman–Crippen LogP) is 7.41. The lowest BCUT2D eigenvalue weighted by Crippen LogP contribution is -2.54. The number of halogens is 3. The maximum atomic E-state index is 14.3. The number of alkyl halides is 3. The van der Waals surface area contributed by atoms with E-state index in [9.17, 15) is 18.0 Å². The lowest BCUT2D eigenvalue weighted by atomic mass is 10.0. The van der Waals surface area contributed by atoms with Crippen LogP contribution in [0.2, 0.25) is 18.1 Å². The first-order valence-electron chi connectivity index (χ1n) is 13.1. The van der Waals surface area contributed by atoms with Crippen molar-refractivity contribution in [3.63, 3.8) is 0 Å². The number of amides is 1. The smallest absolute Gasteiger partial charge is 0.411 e. The second kappa shape index (κ2) is 11.3. The molecule has 2 atom stereocenters. The summed E-state index contributed by atoms with van der Waals surface area (Å²) in [6, 6.07) is 7.02. The molecule has 0 N–H and O–H groups in total. The fraction of sp³-hybridized carbons (Fsp3) is 0.467. The second-order valence-corrected chi connectivity index (χ2v) is 16.5. The molecule has 1 aromatic heterocycles. The molecule has 0 spiro atoms. The molecule has 212 valence electrons. The molecule has 1 saturated heterocycles. The van der Waals surface area contributed by atoms with Crippen molar-refractivity contribution in [1.82, 2.24) is 4.98 Å². The molecule has 0 radical (unpaired) electrons. The summed E-state index contributed by atoms with van der Waals surface area (Å²) in [5.74, 6) is -0.171. The zero-order valence-electron chi connectivity index (χ0n) is 24.0. The number of pyridine rings is 1. The number of hydrogen-bond donors (Lipinski definition) is 0. The molecule has 1 aromatic carbocycles. The summed E-state index contributed by atoms with van der Waals surface area (Å²) in [5.41, 5.74) is 1.93. The van der Waals surface area contributed by atoms with E-state index in [2.05, 4.69) is 52.0 Å². The van der Waals surface area contributed by atoms with Crippen LogP contribution in [-0.4, -0.2) is 44.9 Å². The molecule has 0 saturated carbocycles. The van der Waals surface area contributed by atoms with Gasteiger partial charge in [0.15, 0.2) is 8.32 Å². The third-order valence-electron chi connectivity index (χ3n) is 7.81. The molecule has 2 heterocycles. The highest BCUT2D eigenvalue weighted by molar-refractivity contribution is 6.74. The van der Waals surface area contributed by atoms with E-state index in [1.807, 2.05) is 25.1 Å². The molecule has 39 heavy (non-hydrogen) atoms. The first-order valence-corrected chi connectivity index (χ1v) is 16.0. The van der Waals surface area contributed by atoms with Gasteiger partial charge in [0, 0.05) is 19.3 Å². The number of hydrogen-bond acceptors (Lipinski definition) is 4. The van der Waals surface area contributed by atoms with Gasteiger partial charge in [-0.05, 0) is 73.3 Å². The summed E-state index contributed by atoms with van der Waals surface area (Å²) in [7, 11) is -0.614. The van der Waals surface area contributed by atoms with Gasteiger partial charge in [-0.2, -0.15) is 13.2 Å². The molecule has 1 aliphatic heterocycles. The minimum absolute atomic E-state index is 0.0864. The molecule has 5 nitrogen and oxygen atoms in total. The number of rotatable bonds is 8. The van der Waals surface area contributed by atoms with Crippen molar-refractivity contribution in [3.05, 3.63) is 72.0 Å². The van der Waals surface area contributed by atoms with Crippen LogP contribution in [0.25, 0.3) is 6.08 Å². The van der Waals surface area contributed by atoms with Gasteiger partial charge in [-0.25, -0.2) is 4.98 Å². The number of anilines is 2. The number of carbonyl (C=O) groups excluding carboxylic acids is 1. The zero-order chi connectivity index (χ0) is 29.3. The summed E-state index contributed by atoms with van der Waals surface area (Å²) >= 11 is 0. The molecule has 1 amide bonds. The van der Waals surface area contributed by atoms with E-state index in [-0.39, 0.29) is 22.5 Å². The van der Waals surface area contributed by atoms with Gasteiger partial charge in [0.25, 0.3) is 5.91 Å². The van der Waals surface area contributed by atoms with Crippen molar-refractivity contribution < 1.29 is 22.4 Å².